The standard InChI is InChI=1S/C15H14BrNO3S/c1-21(19,20)15-7-13(16)6-14(8-15)17-9-11-2-4-12(10-18)5-3-11/h2-8,10,17H,9H2,1H3. The molecule has 1 N–H and O–H groups in total. The lowest BCUT2D eigenvalue weighted by Gasteiger charge is -2.09. The number of halogens is 1. The van der Waals surface area contributed by atoms with Crippen LogP contribution in [0.25, 0.3) is 0 Å². The van der Waals surface area contributed by atoms with Gasteiger partial charge < -0.3 is 5.32 Å². The first-order valence-electron chi connectivity index (χ1n) is 6.17. The van der Waals surface area contributed by atoms with Crippen LogP contribution in [0.5, 0.6) is 0 Å². The number of aldehydes is 1. The number of hydrogen-bond acceptors (Lipinski definition) is 4. The lowest BCUT2D eigenvalue weighted by molar-refractivity contribution is 0.112. The van der Waals surface area contributed by atoms with E-state index in [1.165, 1.54) is 6.26 Å². The lowest BCUT2D eigenvalue weighted by Crippen LogP contribution is -2.02. The summed E-state index contributed by atoms with van der Waals surface area (Å²) in [7, 11) is -3.25. The molecule has 0 heterocycles. The molecule has 0 aliphatic rings. The average molecular weight is 368 g/mol. The number of sulfone groups is 1. The van der Waals surface area contributed by atoms with Crippen molar-refractivity contribution in [2.24, 2.45) is 0 Å². The van der Waals surface area contributed by atoms with Gasteiger partial charge in [-0.1, -0.05) is 40.2 Å². The number of hydrogen-bond donors (Lipinski definition) is 1. The van der Waals surface area contributed by atoms with Crippen LogP contribution in [0.1, 0.15) is 15.9 Å². The Balaban J connectivity index is 2.16. The zero-order chi connectivity index (χ0) is 15.5. The van der Waals surface area contributed by atoms with E-state index in [1.807, 2.05) is 18.2 Å². The van der Waals surface area contributed by atoms with E-state index in [1.54, 1.807) is 24.3 Å². The molecule has 2 aromatic rings. The van der Waals surface area contributed by atoms with Gasteiger partial charge in [0.1, 0.15) is 6.29 Å². The van der Waals surface area contributed by atoms with Crippen molar-refractivity contribution >= 4 is 37.7 Å². The third-order valence-corrected chi connectivity index (χ3v) is 4.46. The predicted molar refractivity (Wildman–Crippen MR) is 86.4 cm³/mol. The third kappa shape index (κ3) is 4.41. The van der Waals surface area contributed by atoms with E-state index in [0.29, 0.717) is 22.3 Å². The average Bonchev–Trinajstić information content (AvgIpc) is 2.44. The van der Waals surface area contributed by atoms with Crippen LogP contribution >= 0.6 is 15.9 Å². The van der Waals surface area contributed by atoms with Gasteiger partial charge in [-0.15, -0.1) is 0 Å². The van der Waals surface area contributed by atoms with E-state index < -0.39 is 9.84 Å². The van der Waals surface area contributed by atoms with Gasteiger partial charge in [-0.25, -0.2) is 8.42 Å². The van der Waals surface area contributed by atoms with Crippen molar-refractivity contribution in [3.8, 4) is 0 Å². The van der Waals surface area contributed by atoms with E-state index >= 15 is 0 Å². The minimum absolute atomic E-state index is 0.260. The normalized spacial score (nSPS) is 11.1. The summed E-state index contributed by atoms with van der Waals surface area (Å²) < 4.78 is 23.9. The van der Waals surface area contributed by atoms with Crippen LogP contribution in [0.15, 0.2) is 51.8 Å². The van der Waals surface area contributed by atoms with Gasteiger partial charge in [-0.2, -0.15) is 0 Å². The van der Waals surface area contributed by atoms with E-state index in [9.17, 15) is 13.2 Å². The van der Waals surface area contributed by atoms with Crippen molar-refractivity contribution in [1.29, 1.82) is 0 Å². The smallest absolute Gasteiger partial charge is 0.175 e. The third-order valence-electron chi connectivity index (χ3n) is 2.91. The van der Waals surface area contributed by atoms with Crippen LogP contribution in [0.2, 0.25) is 0 Å². The summed E-state index contributed by atoms with van der Waals surface area (Å²) in [6.07, 6.45) is 1.97. The topological polar surface area (TPSA) is 63.2 Å². The highest BCUT2D eigenvalue weighted by Gasteiger charge is 2.09. The summed E-state index contributed by atoms with van der Waals surface area (Å²) in [5, 5.41) is 3.17. The summed E-state index contributed by atoms with van der Waals surface area (Å²) in [5.74, 6) is 0. The van der Waals surface area contributed by atoms with Crippen molar-refractivity contribution in [2.45, 2.75) is 11.4 Å². The van der Waals surface area contributed by atoms with E-state index in [2.05, 4.69) is 21.2 Å². The zero-order valence-electron chi connectivity index (χ0n) is 11.3. The zero-order valence-corrected chi connectivity index (χ0v) is 13.7. The molecule has 0 radical (unpaired) electrons. The van der Waals surface area contributed by atoms with Crippen molar-refractivity contribution in [2.75, 3.05) is 11.6 Å². The molecule has 6 heteroatoms. The second-order valence-corrected chi connectivity index (χ2v) is 7.59. The molecule has 0 spiro atoms. The van der Waals surface area contributed by atoms with Gasteiger partial charge in [0, 0.05) is 28.5 Å². The number of anilines is 1. The molecule has 2 aromatic carbocycles. The van der Waals surface area contributed by atoms with E-state index in [-0.39, 0.29) is 4.90 Å². The summed E-state index contributed by atoms with van der Waals surface area (Å²) in [4.78, 5) is 10.8. The molecule has 0 fully saturated rings. The number of carbonyl (C=O) groups is 1. The molecule has 0 bridgehead atoms. The minimum Gasteiger partial charge on any atom is -0.381 e. The van der Waals surface area contributed by atoms with Crippen LogP contribution < -0.4 is 5.32 Å². The van der Waals surface area contributed by atoms with Gasteiger partial charge >= 0.3 is 0 Å². The Morgan fingerprint density at radius 3 is 2.38 bits per heavy atom. The highest BCUT2D eigenvalue weighted by molar-refractivity contribution is 9.10. The maximum Gasteiger partial charge on any atom is 0.175 e. The Morgan fingerprint density at radius 2 is 1.81 bits per heavy atom. The SMILES string of the molecule is CS(=O)(=O)c1cc(Br)cc(NCc2ccc(C=O)cc2)c1. The van der Waals surface area contributed by atoms with Gasteiger partial charge in [0.05, 0.1) is 4.90 Å². The molecule has 0 saturated carbocycles. The van der Waals surface area contributed by atoms with Crippen molar-refractivity contribution in [1.82, 2.24) is 0 Å². The molecular weight excluding hydrogens is 354 g/mol. The second-order valence-electron chi connectivity index (χ2n) is 4.66. The summed E-state index contributed by atoms with van der Waals surface area (Å²) >= 11 is 3.31. The number of benzene rings is 2. The van der Waals surface area contributed by atoms with Gasteiger partial charge in [0.15, 0.2) is 9.84 Å². The second kappa shape index (κ2) is 6.41. The van der Waals surface area contributed by atoms with Crippen LogP contribution in [-0.4, -0.2) is 21.0 Å². The quantitative estimate of drug-likeness (QED) is 0.823. The van der Waals surface area contributed by atoms with Crippen molar-refractivity contribution in [3.05, 3.63) is 58.1 Å². The van der Waals surface area contributed by atoms with Crippen LogP contribution in [0.3, 0.4) is 0 Å². The fourth-order valence-electron chi connectivity index (χ4n) is 1.80. The molecule has 4 nitrogen and oxygen atoms in total. The Bertz CT molecular complexity index is 755. The monoisotopic (exact) mass is 367 g/mol. The molecule has 21 heavy (non-hydrogen) atoms. The molecule has 0 saturated heterocycles. The maximum atomic E-state index is 11.6. The first kappa shape index (κ1) is 15.7. The molecule has 0 unspecified atom stereocenters. The molecule has 110 valence electrons. The molecular formula is C15H14BrNO3S. The summed E-state index contributed by atoms with van der Waals surface area (Å²) in [6.45, 7) is 0.540. The number of nitrogens with one attached hydrogen (secondary N) is 1. The van der Waals surface area contributed by atoms with Crippen molar-refractivity contribution < 1.29 is 13.2 Å². The van der Waals surface area contributed by atoms with Gasteiger partial charge in [-0.05, 0) is 23.8 Å². The van der Waals surface area contributed by atoms with E-state index in [0.717, 1.165) is 11.8 Å². The fourth-order valence-corrected chi connectivity index (χ4v) is 3.12. The molecule has 0 aromatic heterocycles. The summed E-state index contributed by atoms with van der Waals surface area (Å²) in [5.41, 5.74) is 2.34. The molecule has 0 amide bonds. The van der Waals surface area contributed by atoms with Gasteiger partial charge in [0.2, 0.25) is 0 Å². The first-order chi connectivity index (χ1) is 9.88. The number of carbonyl (C=O) groups excluding carboxylic acids is 1. The highest BCUT2D eigenvalue weighted by atomic mass is 79.9. The Kier molecular flexibility index (Phi) is 4.80. The van der Waals surface area contributed by atoms with Crippen molar-refractivity contribution in [3.63, 3.8) is 0 Å². The molecule has 2 rings (SSSR count). The maximum absolute atomic E-state index is 11.6. The molecule has 0 atom stereocenters. The lowest BCUT2D eigenvalue weighted by atomic mass is 10.1. The summed E-state index contributed by atoms with van der Waals surface area (Å²) in [6, 6.07) is 12.2. The van der Waals surface area contributed by atoms with Crippen LogP contribution in [0.4, 0.5) is 5.69 Å². The minimum atomic E-state index is -3.25. The molecule has 0 aliphatic heterocycles. The number of rotatable bonds is 5. The fraction of sp³-hybridized carbons (Fsp3) is 0.133. The largest absolute Gasteiger partial charge is 0.381 e. The van der Waals surface area contributed by atoms with Crippen LogP contribution in [-0.2, 0) is 16.4 Å². The first-order valence-corrected chi connectivity index (χ1v) is 8.85. The Labute approximate surface area is 132 Å². The van der Waals surface area contributed by atoms with Crippen LogP contribution in [0, 0.1) is 0 Å². The van der Waals surface area contributed by atoms with E-state index in [4.69, 9.17) is 0 Å². The Morgan fingerprint density at radius 1 is 1.14 bits per heavy atom. The van der Waals surface area contributed by atoms with Gasteiger partial charge in [-0.3, -0.25) is 4.79 Å². The highest BCUT2D eigenvalue weighted by Crippen LogP contribution is 2.23. The molecule has 0 aliphatic carbocycles. The van der Waals surface area contributed by atoms with Gasteiger partial charge in [0.25, 0.3) is 0 Å². The predicted octanol–water partition coefficient (Wildman–Crippen LogP) is 3.28. The Hall–Kier alpha value is -1.66.